The van der Waals surface area contributed by atoms with Crippen LogP contribution in [0.15, 0.2) is 17.1 Å². The Hall–Kier alpha value is -1.17. The molecule has 1 heterocycles. The molecule has 5 nitrogen and oxygen atoms in total. The second-order valence-corrected chi connectivity index (χ2v) is 2.66. The summed E-state index contributed by atoms with van der Waals surface area (Å²) in [7, 11) is 0. The van der Waals surface area contributed by atoms with Crippen LogP contribution in [-0.2, 0) is 5.33 Å². The number of hydrogen-bond acceptors (Lipinski definition) is 3. The van der Waals surface area contributed by atoms with Gasteiger partial charge >= 0.3 is 0 Å². The van der Waals surface area contributed by atoms with Crippen molar-refractivity contribution in [2.24, 2.45) is 0 Å². The van der Waals surface area contributed by atoms with E-state index in [1.54, 1.807) is 0 Å². The fourth-order valence-corrected chi connectivity index (χ4v) is 1.22. The number of nitrogens with one attached hydrogen (secondary N) is 1. The highest BCUT2D eigenvalue weighted by Gasteiger charge is 2.12. The minimum Gasteiger partial charge on any atom is -0.328 e. The van der Waals surface area contributed by atoms with Crippen molar-refractivity contribution in [1.82, 2.24) is 4.98 Å². The molecule has 1 aromatic rings. The number of rotatable bonds is 2. The fourth-order valence-electron chi connectivity index (χ4n) is 0.768. The quantitative estimate of drug-likeness (QED) is 0.473. The predicted molar refractivity (Wildman–Crippen MR) is 46.3 cm³/mol. The number of aromatic nitrogens is 1. The van der Waals surface area contributed by atoms with E-state index in [9.17, 15) is 14.9 Å². The number of pyridine rings is 1. The van der Waals surface area contributed by atoms with Crippen LogP contribution >= 0.6 is 15.9 Å². The number of hydrogen-bond donors (Lipinski definition) is 1. The van der Waals surface area contributed by atoms with E-state index in [1.165, 1.54) is 6.20 Å². The van der Waals surface area contributed by atoms with Gasteiger partial charge in [0.05, 0.1) is 16.6 Å². The summed E-state index contributed by atoms with van der Waals surface area (Å²) < 4.78 is 0. The lowest BCUT2D eigenvalue weighted by Gasteiger charge is -1.95. The summed E-state index contributed by atoms with van der Waals surface area (Å²) in [6, 6.07) is 0.969. The van der Waals surface area contributed by atoms with Crippen LogP contribution < -0.4 is 5.56 Å². The summed E-state index contributed by atoms with van der Waals surface area (Å²) in [6.45, 7) is 0. The second kappa shape index (κ2) is 3.48. The Morgan fingerprint density at radius 2 is 2.33 bits per heavy atom. The molecule has 1 rings (SSSR count). The van der Waals surface area contributed by atoms with Crippen molar-refractivity contribution in [1.29, 1.82) is 0 Å². The molecule has 0 amide bonds. The maximum Gasteiger partial charge on any atom is 0.280 e. The average Bonchev–Trinajstić information content (AvgIpc) is 2.04. The van der Waals surface area contributed by atoms with Crippen molar-refractivity contribution in [2.45, 2.75) is 5.33 Å². The first-order chi connectivity index (χ1) is 5.65. The number of nitrogens with zero attached hydrogens (tertiary/aromatic N) is 1. The van der Waals surface area contributed by atoms with E-state index in [2.05, 4.69) is 20.9 Å². The zero-order valence-corrected chi connectivity index (χ0v) is 7.50. The van der Waals surface area contributed by atoms with Gasteiger partial charge in [0, 0.05) is 11.5 Å². The van der Waals surface area contributed by atoms with Gasteiger partial charge in [0.15, 0.2) is 0 Å². The molecule has 1 N–H and O–H groups in total. The van der Waals surface area contributed by atoms with Gasteiger partial charge in [-0.25, -0.2) is 0 Å². The van der Waals surface area contributed by atoms with E-state index in [-0.39, 0.29) is 5.69 Å². The van der Waals surface area contributed by atoms with Crippen molar-refractivity contribution in [3.63, 3.8) is 0 Å². The number of H-pyrrole nitrogens is 1. The summed E-state index contributed by atoms with van der Waals surface area (Å²) in [4.78, 5) is 22.8. The summed E-state index contributed by atoms with van der Waals surface area (Å²) in [5.41, 5.74) is -0.165. The first-order valence-electron chi connectivity index (χ1n) is 3.07. The van der Waals surface area contributed by atoms with Crippen LogP contribution in [0.1, 0.15) is 5.56 Å². The van der Waals surface area contributed by atoms with E-state index in [1.807, 2.05) is 0 Å². The number of nitro groups is 1. The van der Waals surface area contributed by atoms with Crippen molar-refractivity contribution in [3.05, 3.63) is 38.3 Å². The molecule has 1 aromatic heterocycles. The molecule has 6 heteroatoms. The normalized spacial score (nSPS) is 9.75. The fraction of sp³-hybridized carbons (Fsp3) is 0.167. The summed E-state index contributed by atoms with van der Waals surface area (Å²) in [5, 5.41) is 10.7. The van der Waals surface area contributed by atoms with Gasteiger partial charge in [0.2, 0.25) is 0 Å². The van der Waals surface area contributed by atoms with Crippen LogP contribution in [0.4, 0.5) is 5.69 Å². The Labute approximate surface area is 75.7 Å². The molecule has 0 aliphatic rings. The largest absolute Gasteiger partial charge is 0.328 e. The minimum absolute atomic E-state index is 0.157. The molecular formula is C6H5BrN2O3. The van der Waals surface area contributed by atoms with Gasteiger partial charge in [-0.05, 0) is 0 Å². The molecule has 64 valence electrons. The molecule has 0 aliphatic heterocycles. The molecule has 0 saturated heterocycles. The lowest BCUT2D eigenvalue weighted by molar-refractivity contribution is -0.385. The highest BCUT2D eigenvalue weighted by molar-refractivity contribution is 9.08. The monoisotopic (exact) mass is 232 g/mol. The molecule has 0 atom stereocenters. The van der Waals surface area contributed by atoms with Crippen LogP contribution in [0.25, 0.3) is 0 Å². The van der Waals surface area contributed by atoms with Gasteiger partial charge in [0.1, 0.15) is 0 Å². The van der Waals surface area contributed by atoms with Gasteiger partial charge in [-0.2, -0.15) is 0 Å². The van der Waals surface area contributed by atoms with E-state index in [0.717, 1.165) is 6.07 Å². The Balaban J connectivity index is 3.31. The average molecular weight is 233 g/mol. The topological polar surface area (TPSA) is 76.0 Å². The predicted octanol–water partition coefficient (Wildman–Crippen LogP) is 1.18. The van der Waals surface area contributed by atoms with Crippen LogP contribution in [-0.4, -0.2) is 9.91 Å². The third kappa shape index (κ3) is 1.70. The summed E-state index contributed by atoms with van der Waals surface area (Å²) in [6.07, 6.45) is 1.33. The zero-order valence-electron chi connectivity index (χ0n) is 5.91. The molecule has 12 heavy (non-hydrogen) atoms. The van der Waals surface area contributed by atoms with Crippen molar-refractivity contribution in [3.8, 4) is 0 Å². The van der Waals surface area contributed by atoms with Crippen LogP contribution in [0.3, 0.4) is 0 Å². The van der Waals surface area contributed by atoms with E-state index >= 15 is 0 Å². The Morgan fingerprint density at radius 1 is 1.67 bits per heavy atom. The van der Waals surface area contributed by atoms with Gasteiger partial charge in [0.25, 0.3) is 11.2 Å². The Bertz CT molecular complexity index is 360. The van der Waals surface area contributed by atoms with Crippen LogP contribution in [0, 0.1) is 10.1 Å². The van der Waals surface area contributed by atoms with Crippen molar-refractivity contribution < 1.29 is 4.92 Å². The third-order valence-corrected chi connectivity index (χ3v) is 1.93. The molecule has 0 saturated carbocycles. The number of alkyl halides is 1. The Kier molecular flexibility index (Phi) is 2.59. The van der Waals surface area contributed by atoms with Crippen molar-refractivity contribution >= 4 is 21.6 Å². The minimum atomic E-state index is -0.578. The summed E-state index contributed by atoms with van der Waals surface area (Å²) in [5.74, 6) is 0. The highest BCUT2D eigenvalue weighted by atomic mass is 79.9. The van der Waals surface area contributed by atoms with E-state index < -0.39 is 10.5 Å². The van der Waals surface area contributed by atoms with Gasteiger partial charge in [-0.3, -0.25) is 14.9 Å². The maximum atomic E-state index is 10.7. The van der Waals surface area contributed by atoms with Gasteiger partial charge in [-0.1, -0.05) is 15.9 Å². The standard InChI is InChI=1S/C6H5BrN2O3/c7-2-4-3-8-6(10)1-5(4)9(11)12/h1,3H,2H2,(H,8,10). The highest BCUT2D eigenvalue weighted by Crippen LogP contribution is 2.16. The number of aromatic amines is 1. The third-order valence-electron chi connectivity index (χ3n) is 1.33. The molecule has 0 bridgehead atoms. The smallest absolute Gasteiger partial charge is 0.280 e. The van der Waals surface area contributed by atoms with E-state index in [0.29, 0.717) is 10.9 Å². The molecule has 0 aromatic carbocycles. The zero-order chi connectivity index (χ0) is 9.14. The molecule has 0 spiro atoms. The molecule has 0 unspecified atom stereocenters. The van der Waals surface area contributed by atoms with Crippen molar-refractivity contribution in [2.75, 3.05) is 0 Å². The van der Waals surface area contributed by atoms with Crippen LogP contribution in [0.5, 0.6) is 0 Å². The molecule has 0 fully saturated rings. The second-order valence-electron chi connectivity index (χ2n) is 2.10. The lowest BCUT2D eigenvalue weighted by atomic mass is 10.3. The first-order valence-corrected chi connectivity index (χ1v) is 4.19. The molecule has 0 aliphatic carbocycles. The van der Waals surface area contributed by atoms with E-state index in [4.69, 9.17) is 0 Å². The molecular weight excluding hydrogens is 228 g/mol. The Morgan fingerprint density at radius 3 is 2.83 bits per heavy atom. The first kappa shape index (κ1) is 8.92. The number of halogens is 1. The summed E-state index contributed by atoms with van der Waals surface area (Å²) >= 11 is 3.07. The lowest BCUT2D eigenvalue weighted by Crippen LogP contribution is -2.07. The van der Waals surface area contributed by atoms with Gasteiger partial charge in [-0.15, -0.1) is 0 Å². The SMILES string of the molecule is O=c1cc([N+](=O)[O-])c(CBr)c[nH]1. The van der Waals surface area contributed by atoms with Gasteiger partial charge < -0.3 is 4.98 Å². The maximum absolute atomic E-state index is 10.7. The molecule has 0 radical (unpaired) electrons. The van der Waals surface area contributed by atoms with Crippen LogP contribution in [0.2, 0.25) is 0 Å².